The average molecular weight is 370 g/mol. The Hall–Kier alpha value is -2.83. The number of rotatable bonds is 8. The molecule has 0 saturated heterocycles. The first-order valence-corrected chi connectivity index (χ1v) is 9.46. The van der Waals surface area contributed by atoms with E-state index in [0.29, 0.717) is 53.6 Å². The molecule has 2 heterocycles. The molecule has 0 bridgehead atoms. The molecule has 27 heavy (non-hydrogen) atoms. The maximum Gasteiger partial charge on any atom is 0.262 e. The zero-order valence-electron chi connectivity index (χ0n) is 16.3. The molecule has 144 valence electrons. The number of fused-ring (bicyclic) bond motifs is 1. The molecular weight excluding hydrogens is 344 g/mol. The summed E-state index contributed by atoms with van der Waals surface area (Å²) in [6.07, 6.45) is 1.80. The number of aromatic amines is 1. The summed E-state index contributed by atoms with van der Waals surface area (Å²) >= 11 is 0. The predicted octanol–water partition coefficient (Wildman–Crippen LogP) is 3.69. The number of hydrogen-bond donors (Lipinski definition) is 1. The van der Waals surface area contributed by atoms with E-state index < -0.39 is 0 Å². The van der Waals surface area contributed by atoms with Crippen LogP contribution in [0.5, 0.6) is 11.5 Å². The van der Waals surface area contributed by atoms with Gasteiger partial charge in [-0.1, -0.05) is 13.8 Å². The smallest absolute Gasteiger partial charge is 0.262 e. The van der Waals surface area contributed by atoms with Crippen LogP contribution in [-0.2, 0) is 6.54 Å². The summed E-state index contributed by atoms with van der Waals surface area (Å²) in [6, 6.07) is 5.61. The summed E-state index contributed by atoms with van der Waals surface area (Å²) < 4.78 is 13.4. The Morgan fingerprint density at radius 2 is 1.85 bits per heavy atom. The quantitative estimate of drug-likeness (QED) is 0.654. The second kappa shape index (κ2) is 8.24. The Kier molecular flexibility index (Phi) is 5.78. The number of hydrogen-bond acceptors (Lipinski definition) is 5. The molecule has 0 aliphatic carbocycles. The molecule has 0 atom stereocenters. The average Bonchev–Trinajstić information content (AvgIpc) is 3.01. The summed E-state index contributed by atoms with van der Waals surface area (Å²) in [4.78, 5) is 20.3. The SMILES string of the molecule is CCCOc1ccc(OCCC)c(-c2nc3c(c(C)nn3CC)c(=O)[nH]2)c1. The third-order valence-corrected chi connectivity index (χ3v) is 4.22. The van der Waals surface area contributed by atoms with Gasteiger partial charge in [-0.15, -0.1) is 0 Å². The predicted molar refractivity (Wildman–Crippen MR) is 106 cm³/mol. The highest BCUT2D eigenvalue weighted by molar-refractivity contribution is 5.80. The largest absolute Gasteiger partial charge is 0.494 e. The molecule has 0 aliphatic rings. The normalized spacial score (nSPS) is 11.1. The molecule has 1 aromatic carbocycles. The first-order valence-electron chi connectivity index (χ1n) is 9.46. The van der Waals surface area contributed by atoms with E-state index in [9.17, 15) is 4.79 Å². The third kappa shape index (κ3) is 3.82. The van der Waals surface area contributed by atoms with Gasteiger partial charge in [-0.2, -0.15) is 5.10 Å². The number of nitrogens with one attached hydrogen (secondary N) is 1. The Morgan fingerprint density at radius 1 is 1.11 bits per heavy atom. The topological polar surface area (TPSA) is 82.0 Å². The van der Waals surface area contributed by atoms with Gasteiger partial charge in [0.25, 0.3) is 5.56 Å². The molecule has 2 aromatic heterocycles. The van der Waals surface area contributed by atoms with E-state index in [4.69, 9.17) is 14.5 Å². The van der Waals surface area contributed by atoms with Gasteiger partial charge >= 0.3 is 0 Å². The second-order valence-corrected chi connectivity index (χ2v) is 6.37. The number of aryl methyl sites for hydroxylation is 2. The standard InChI is InChI=1S/C20H26N4O3/c1-5-10-26-14-8-9-16(27-11-6-2)15(12-14)18-21-19-17(20(25)22-18)13(4)23-24(19)7-3/h8-9,12H,5-7,10-11H2,1-4H3,(H,21,22,25). The summed E-state index contributed by atoms with van der Waals surface area (Å²) in [6.45, 7) is 9.75. The van der Waals surface area contributed by atoms with E-state index in [1.54, 1.807) is 4.68 Å². The minimum Gasteiger partial charge on any atom is -0.494 e. The number of ether oxygens (including phenoxy) is 2. The van der Waals surface area contributed by atoms with E-state index >= 15 is 0 Å². The summed E-state index contributed by atoms with van der Waals surface area (Å²) in [5.41, 5.74) is 1.76. The van der Waals surface area contributed by atoms with Gasteiger partial charge in [-0.3, -0.25) is 4.79 Å². The molecule has 0 spiro atoms. The van der Waals surface area contributed by atoms with Gasteiger partial charge in [0.15, 0.2) is 5.65 Å². The zero-order valence-corrected chi connectivity index (χ0v) is 16.3. The van der Waals surface area contributed by atoms with E-state index in [2.05, 4.69) is 17.0 Å². The van der Waals surface area contributed by atoms with Gasteiger partial charge in [0.05, 0.1) is 24.5 Å². The van der Waals surface area contributed by atoms with Gasteiger partial charge in [-0.25, -0.2) is 9.67 Å². The monoisotopic (exact) mass is 370 g/mol. The third-order valence-electron chi connectivity index (χ3n) is 4.22. The van der Waals surface area contributed by atoms with Crippen LogP contribution in [0.2, 0.25) is 0 Å². The van der Waals surface area contributed by atoms with Crippen LogP contribution in [-0.4, -0.2) is 33.0 Å². The number of benzene rings is 1. The van der Waals surface area contributed by atoms with Gasteiger partial charge in [0.2, 0.25) is 0 Å². The summed E-state index contributed by atoms with van der Waals surface area (Å²) in [7, 11) is 0. The molecule has 0 fully saturated rings. The maximum atomic E-state index is 12.7. The van der Waals surface area contributed by atoms with Gasteiger partial charge < -0.3 is 14.5 Å². The Balaban J connectivity index is 2.16. The molecule has 0 unspecified atom stereocenters. The van der Waals surface area contributed by atoms with Crippen molar-refractivity contribution in [2.75, 3.05) is 13.2 Å². The Bertz CT molecular complexity index is 991. The van der Waals surface area contributed by atoms with Crippen LogP contribution in [0.1, 0.15) is 39.3 Å². The lowest BCUT2D eigenvalue weighted by molar-refractivity contribution is 0.309. The molecule has 7 heteroatoms. The van der Waals surface area contributed by atoms with Crippen molar-refractivity contribution in [3.05, 3.63) is 34.2 Å². The van der Waals surface area contributed by atoms with E-state index in [0.717, 1.165) is 18.6 Å². The lowest BCUT2D eigenvalue weighted by Crippen LogP contribution is -2.11. The summed E-state index contributed by atoms with van der Waals surface area (Å²) in [5, 5.41) is 4.94. The first kappa shape index (κ1) is 18.9. The highest BCUT2D eigenvalue weighted by atomic mass is 16.5. The van der Waals surface area contributed by atoms with Crippen molar-refractivity contribution in [3.63, 3.8) is 0 Å². The lowest BCUT2D eigenvalue weighted by Gasteiger charge is -2.13. The van der Waals surface area contributed by atoms with Crippen molar-refractivity contribution in [2.45, 2.75) is 47.1 Å². The van der Waals surface area contributed by atoms with Crippen LogP contribution in [0, 0.1) is 6.92 Å². The number of aromatic nitrogens is 4. The molecule has 0 saturated carbocycles. The van der Waals surface area contributed by atoms with Crippen LogP contribution in [0.25, 0.3) is 22.4 Å². The van der Waals surface area contributed by atoms with Crippen molar-refractivity contribution < 1.29 is 9.47 Å². The molecule has 0 amide bonds. The minimum absolute atomic E-state index is 0.200. The molecule has 3 aromatic rings. The minimum atomic E-state index is -0.200. The lowest BCUT2D eigenvalue weighted by atomic mass is 10.1. The van der Waals surface area contributed by atoms with Gasteiger partial charge in [0.1, 0.15) is 22.7 Å². The maximum absolute atomic E-state index is 12.7. The van der Waals surface area contributed by atoms with E-state index in [1.165, 1.54) is 0 Å². The van der Waals surface area contributed by atoms with E-state index in [-0.39, 0.29) is 5.56 Å². The fraction of sp³-hybridized carbons (Fsp3) is 0.450. The van der Waals surface area contributed by atoms with Crippen LogP contribution >= 0.6 is 0 Å². The number of H-pyrrole nitrogens is 1. The molecule has 7 nitrogen and oxygen atoms in total. The van der Waals surface area contributed by atoms with E-state index in [1.807, 2.05) is 39.0 Å². The first-order chi connectivity index (χ1) is 13.1. The Labute approximate surface area is 158 Å². The molecular formula is C20H26N4O3. The van der Waals surface area contributed by atoms with Gasteiger partial charge in [-0.05, 0) is 44.9 Å². The van der Waals surface area contributed by atoms with Crippen molar-refractivity contribution >= 4 is 11.0 Å². The summed E-state index contributed by atoms with van der Waals surface area (Å²) in [5.74, 6) is 1.84. The van der Waals surface area contributed by atoms with Crippen molar-refractivity contribution in [3.8, 4) is 22.9 Å². The van der Waals surface area contributed by atoms with Crippen LogP contribution in [0.4, 0.5) is 0 Å². The molecule has 3 rings (SSSR count). The van der Waals surface area contributed by atoms with Crippen LogP contribution in [0.15, 0.2) is 23.0 Å². The van der Waals surface area contributed by atoms with Crippen LogP contribution in [0.3, 0.4) is 0 Å². The van der Waals surface area contributed by atoms with Crippen molar-refractivity contribution in [1.29, 1.82) is 0 Å². The fourth-order valence-corrected chi connectivity index (χ4v) is 2.94. The highest BCUT2D eigenvalue weighted by Crippen LogP contribution is 2.32. The van der Waals surface area contributed by atoms with Crippen molar-refractivity contribution in [2.24, 2.45) is 0 Å². The van der Waals surface area contributed by atoms with Crippen molar-refractivity contribution in [1.82, 2.24) is 19.7 Å². The number of nitrogens with zero attached hydrogens (tertiary/aromatic N) is 3. The molecule has 0 radical (unpaired) electrons. The Morgan fingerprint density at radius 3 is 2.56 bits per heavy atom. The zero-order chi connectivity index (χ0) is 19.4. The van der Waals surface area contributed by atoms with Crippen LogP contribution < -0.4 is 15.0 Å². The molecule has 0 aliphatic heterocycles. The fourth-order valence-electron chi connectivity index (χ4n) is 2.94. The highest BCUT2D eigenvalue weighted by Gasteiger charge is 2.17. The van der Waals surface area contributed by atoms with Gasteiger partial charge in [0, 0.05) is 6.54 Å². The second-order valence-electron chi connectivity index (χ2n) is 6.37. The molecule has 1 N–H and O–H groups in total.